The first-order valence-corrected chi connectivity index (χ1v) is 8.55. The molecular weight excluding hydrogens is 274 g/mol. The molecule has 118 valence electrons. The molecule has 1 aromatic carbocycles. The number of hydrogen-bond donors (Lipinski definition) is 1. The maximum atomic E-state index is 13.4. The highest BCUT2D eigenvalue weighted by molar-refractivity contribution is 5.91. The van der Waals surface area contributed by atoms with E-state index in [2.05, 4.69) is 26.0 Å². The van der Waals surface area contributed by atoms with Gasteiger partial charge in [-0.3, -0.25) is 4.79 Å². The van der Waals surface area contributed by atoms with Crippen molar-refractivity contribution in [3.63, 3.8) is 0 Å². The fourth-order valence-electron chi connectivity index (χ4n) is 5.73. The van der Waals surface area contributed by atoms with Gasteiger partial charge in [0.2, 0.25) is 5.91 Å². The Hall–Kier alpha value is -1.35. The lowest BCUT2D eigenvalue weighted by Gasteiger charge is -2.53. The largest absolute Gasteiger partial charge is 0.393 e. The second-order valence-electron chi connectivity index (χ2n) is 7.64. The number of likely N-dealkylation sites (tertiary alicyclic amines) is 1. The molecule has 2 saturated carbocycles. The lowest BCUT2D eigenvalue weighted by atomic mass is 9.54. The van der Waals surface area contributed by atoms with Crippen LogP contribution in [0.2, 0.25) is 0 Å². The summed E-state index contributed by atoms with van der Waals surface area (Å²) in [5, 5.41) is 10.6. The van der Waals surface area contributed by atoms with Crippen molar-refractivity contribution in [2.24, 2.45) is 10.8 Å². The molecular formula is C19H25NO2. The number of benzene rings is 1. The highest BCUT2D eigenvalue weighted by Crippen LogP contribution is 2.80. The normalized spacial score (nSPS) is 43.5. The van der Waals surface area contributed by atoms with Gasteiger partial charge in [-0.1, -0.05) is 37.3 Å². The van der Waals surface area contributed by atoms with E-state index in [1.165, 1.54) is 0 Å². The number of amides is 1. The maximum absolute atomic E-state index is 13.4. The lowest BCUT2D eigenvalue weighted by molar-refractivity contribution is -0.152. The van der Waals surface area contributed by atoms with Crippen molar-refractivity contribution < 1.29 is 9.90 Å². The predicted molar refractivity (Wildman–Crippen MR) is 85.4 cm³/mol. The summed E-state index contributed by atoms with van der Waals surface area (Å²) < 4.78 is 0. The van der Waals surface area contributed by atoms with E-state index in [4.69, 9.17) is 0 Å². The van der Waals surface area contributed by atoms with Crippen molar-refractivity contribution in [1.82, 2.24) is 4.90 Å². The summed E-state index contributed by atoms with van der Waals surface area (Å²) in [6.07, 6.45) is 3.26. The van der Waals surface area contributed by atoms with Crippen molar-refractivity contribution in [3.05, 3.63) is 35.9 Å². The Morgan fingerprint density at radius 3 is 2.68 bits per heavy atom. The molecule has 1 aromatic rings. The standard InChI is InChI=1S/C19H25NO2/c1-3-20-12-11-18-13-17(18,2)15(21)9-10-19(18,16(20)22)14-7-5-4-6-8-14/h4-8,15,21H,3,9-13H2,1-2H3/t15-,17-,18?,19?/m0/s1. The molecule has 0 aromatic heterocycles. The molecule has 3 fully saturated rings. The Morgan fingerprint density at radius 2 is 2.00 bits per heavy atom. The summed E-state index contributed by atoms with van der Waals surface area (Å²) in [4.78, 5) is 15.5. The third kappa shape index (κ3) is 1.39. The Kier molecular flexibility index (Phi) is 2.82. The fraction of sp³-hybridized carbons (Fsp3) is 0.632. The zero-order chi connectivity index (χ0) is 15.6. The molecule has 1 saturated heterocycles. The Bertz CT molecular complexity index is 615. The van der Waals surface area contributed by atoms with Crippen LogP contribution in [0.3, 0.4) is 0 Å². The van der Waals surface area contributed by atoms with Gasteiger partial charge in [-0.15, -0.1) is 0 Å². The summed E-state index contributed by atoms with van der Waals surface area (Å²) in [7, 11) is 0. The third-order valence-electron chi connectivity index (χ3n) is 7.09. The maximum Gasteiger partial charge on any atom is 0.233 e. The average Bonchev–Trinajstić information content (AvgIpc) is 3.17. The SMILES string of the molecule is CCN1CCC23C[C@@]2(C)[C@@H](O)CCC3(c2ccccc2)C1=O. The van der Waals surface area contributed by atoms with Gasteiger partial charge >= 0.3 is 0 Å². The van der Waals surface area contributed by atoms with Crippen LogP contribution in [0.15, 0.2) is 30.3 Å². The molecule has 4 atom stereocenters. The van der Waals surface area contributed by atoms with Crippen LogP contribution < -0.4 is 0 Å². The first kappa shape index (κ1) is 14.3. The molecule has 3 aliphatic rings. The number of carbonyl (C=O) groups is 1. The molecule has 1 amide bonds. The number of likely N-dealkylation sites (N-methyl/N-ethyl adjacent to an activating group) is 1. The van der Waals surface area contributed by atoms with E-state index >= 15 is 0 Å². The van der Waals surface area contributed by atoms with Crippen LogP contribution in [-0.4, -0.2) is 35.1 Å². The molecule has 1 aliphatic heterocycles. The van der Waals surface area contributed by atoms with Crippen LogP contribution in [0.4, 0.5) is 0 Å². The zero-order valence-corrected chi connectivity index (χ0v) is 13.5. The van der Waals surface area contributed by atoms with Crippen LogP contribution in [0.5, 0.6) is 0 Å². The van der Waals surface area contributed by atoms with Crippen LogP contribution in [-0.2, 0) is 10.2 Å². The van der Waals surface area contributed by atoms with Crippen molar-refractivity contribution in [1.29, 1.82) is 0 Å². The van der Waals surface area contributed by atoms with E-state index in [1.807, 2.05) is 23.1 Å². The molecule has 4 rings (SSSR count). The predicted octanol–water partition coefficient (Wildman–Crippen LogP) is 2.73. The van der Waals surface area contributed by atoms with Crippen LogP contribution >= 0.6 is 0 Å². The molecule has 0 radical (unpaired) electrons. The number of aliphatic hydroxyl groups excluding tert-OH is 1. The summed E-state index contributed by atoms with van der Waals surface area (Å²) in [6.45, 7) is 5.89. The smallest absolute Gasteiger partial charge is 0.233 e. The minimum atomic E-state index is -0.420. The molecule has 3 heteroatoms. The Labute approximate surface area is 132 Å². The summed E-state index contributed by atoms with van der Waals surface area (Å²) in [5.41, 5.74) is 0.614. The minimum absolute atomic E-state index is 0.0399. The lowest BCUT2D eigenvalue weighted by Crippen LogP contribution is -2.61. The van der Waals surface area contributed by atoms with Gasteiger partial charge < -0.3 is 10.0 Å². The molecule has 22 heavy (non-hydrogen) atoms. The van der Waals surface area contributed by atoms with E-state index in [0.29, 0.717) is 5.91 Å². The Balaban J connectivity index is 1.91. The van der Waals surface area contributed by atoms with E-state index in [9.17, 15) is 9.90 Å². The van der Waals surface area contributed by atoms with Crippen molar-refractivity contribution in [2.75, 3.05) is 13.1 Å². The van der Waals surface area contributed by atoms with Crippen molar-refractivity contribution >= 4 is 5.91 Å². The van der Waals surface area contributed by atoms with Gasteiger partial charge in [0.25, 0.3) is 0 Å². The molecule has 3 nitrogen and oxygen atoms in total. The quantitative estimate of drug-likeness (QED) is 0.912. The van der Waals surface area contributed by atoms with Crippen LogP contribution in [0.1, 0.15) is 45.1 Å². The van der Waals surface area contributed by atoms with E-state index < -0.39 is 5.41 Å². The first-order valence-electron chi connectivity index (χ1n) is 8.55. The summed E-state index contributed by atoms with van der Waals surface area (Å²) in [6, 6.07) is 10.3. The Morgan fingerprint density at radius 1 is 1.27 bits per heavy atom. The fourth-order valence-corrected chi connectivity index (χ4v) is 5.73. The highest BCUT2D eigenvalue weighted by atomic mass is 16.3. The third-order valence-corrected chi connectivity index (χ3v) is 7.09. The molecule has 1 spiro atoms. The average molecular weight is 299 g/mol. The summed E-state index contributed by atoms with van der Waals surface area (Å²) in [5.74, 6) is 0.295. The van der Waals surface area contributed by atoms with Gasteiger partial charge in [0.1, 0.15) is 0 Å². The molecule has 1 N–H and O–H groups in total. The van der Waals surface area contributed by atoms with Crippen LogP contribution in [0.25, 0.3) is 0 Å². The number of hydrogen-bond acceptors (Lipinski definition) is 2. The van der Waals surface area contributed by atoms with E-state index in [1.54, 1.807) is 0 Å². The minimum Gasteiger partial charge on any atom is -0.393 e. The van der Waals surface area contributed by atoms with Gasteiger partial charge in [-0.25, -0.2) is 0 Å². The van der Waals surface area contributed by atoms with Gasteiger partial charge in [0.05, 0.1) is 11.5 Å². The second-order valence-corrected chi connectivity index (χ2v) is 7.64. The zero-order valence-electron chi connectivity index (χ0n) is 13.5. The number of nitrogens with zero attached hydrogens (tertiary/aromatic N) is 1. The monoisotopic (exact) mass is 299 g/mol. The van der Waals surface area contributed by atoms with Gasteiger partial charge in [0.15, 0.2) is 0 Å². The van der Waals surface area contributed by atoms with E-state index in [-0.39, 0.29) is 16.9 Å². The number of aliphatic hydroxyl groups is 1. The summed E-state index contributed by atoms with van der Waals surface area (Å²) >= 11 is 0. The van der Waals surface area contributed by atoms with Crippen LogP contribution in [0, 0.1) is 10.8 Å². The number of piperidine rings is 1. The highest BCUT2D eigenvalue weighted by Gasteiger charge is 2.81. The van der Waals surface area contributed by atoms with Gasteiger partial charge in [-0.05, 0) is 43.6 Å². The molecule has 1 heterocycles. The van der Waals surface area contributed by atoms with Crippen molar-refractivity contribution in [3.8, 4) is 0 Å². The van der Waals surface area contributed by atoms with Crippen molar-refractivity contribution in [2.45, 2.75) is 51.0 Å². The molecule has 0 bridgehead atoms. The van der Waals surface area contributed by atoms with Gasteiger partial charge in [0, 0.05) is 18.5 Å². The molecule has 2 aliphatic carbocycles. The van der Waals surface area contributed by atoms with Gasteiger partial charge in [-0.2, -0.15) is 0 Å². The first-order chi connectivity index (χ1) is 10.5. The van der Waals surface area contributed by atoms with E-state index in [0.717, 1.165) is 44.3 Å². The number of carbonyl (C=O) groups excluding carboxylic acids is 1. The topological polar surface area (TPSA) is 40.5 Å². The molecule has 2 unspecified atom stereocenters. The number of rotatable bonds is 2. The second kappa shape index (κ2) is 4.35.